The molecule has 0 saturated carbocycles. The van der Waals surface area contributed by atoms with Crippen LogP contribution in [-0.2, 0) is 6.42 Å². The van der Waals surface area contributed by atoms with Crippen molar-refractivity contribution in [2.45, 2.75) is 46.0 Å². The Kier molecular flexibility index (Phi) is 11.5. The number of rotatable bonds is 11. The summed E-state index contributed by atoms with van der Waals surface area (Å²) < 4.78 is 10.5. The summed E-state index contributed by atoms with van der Waals surface area (Å²) in [6.45, 7) is 6.00. The number of aryl methyl sites for hydroxylation is 1. The second-order valence-electron chi connectivity index (χ2n) is 6.93. The van der Waals surface area contributed by atoms with Crippen molar-refractivity contribution in [2.24, 2.45) is 16.6 Å². The van der Waals surface area contributed by atoms with Gasteiger partial charge in [-0.25, -0.2) is 0 Å². The van der Waals surface area contributed by atoms with Gasteiger partial charge in [0.05, 0.1) is 7.11 Å². The van der Waals surface area contributed by atoms with Crippen molar-refractivity contribution in [2.75, 3.05) is 20.2 Å². The van der Waals surface area contributed by atoms with Crippen LogP contribution < -0.4 is 15.8 Å². The van der Waals surface area contributed by atoms with Crippen molar-refractivity contribution in [1.29, 1.82) is 0 Å². The lowest BCUT2D eigenvalue weighted by atomic mass is 10.1. The van der Waals surface area contributed by atoms with E-state index in [1.54, 1.807) is 7.11 Å². The van der Waals surface area contributed by atoms with E-state index in [4.69, 9.17) is 15.0 Å². The standard InChI is InChI=1S/C20H31N5O2.HI/c1-15(2)12-14-23-20(21)22-13-6-4-5-7-18-24-19(25-27-18)16-8-10-17(26-3)11-9-16;/h8-11,15H,4-7,12-14H2,1-3H3,(H3,21,22,23);1H. The molecule has 0 aliphatic carbocycles. The second kappa shape index (κ2) is 13.4. The number of aliphatic imine (C=N–C) groups is 1. The van der Waals surface area contributed by atoms with E-state index in [2.05, 4.69) is 34.3 Å². The molecule has 1 heterocycles. The van der Waals surface area contributed by atoms with Crippen molar-refractivity contribution in [3.8, 4) is 17.1 Å². The van der Waals surface area contributed by atoms with Gasteiger partial charge in [0, 0.05) is 25.1 Å². The van der Waals surface area contributed by atoms with Crippen LogP contribution in [0.5, 0.6) is 5.75 Å². The third-order valence-electron chi connectivity index (χ3n) is 4.18. The first-order chi connectivity index (χ1) is 13.1. The maximum Gasteiger partial charge on any atom is 0.226 e. The number of guanidine groups is 1. The molecular formula is C20H32IN5O2. The largest absolute Gasteiger partial charge is 0.497 e. The summed E-state index contributed by atoms with van der Waals surface area (Å²) in [6.07, 6.45) is 4.89. The molecule has 3 N–H and O–H groups in total. The number of nitrogens with one attached hydrogen (secondary N) is 1. The Balaban J connectivity index is 0.00000392. The Hall–Kier alpha value is -1.84. The molecule has 7 nitrogen and oxygen atoms in total. The number of aromatic nitrogens is 2. The van der Waals surface area contributed by atoms with Gasteiger partial charge in [-0.05, 0) is 49.4 Å². The van der Waals surface area contributed by atoms with E-state index in [-0.39, 0.29) is 24.0 Å². The molecule has 0 aliphatic rings. The Morgan fingerprint density at radius 2 is 1.96 bits per heavy atom. The van der Waals surface area contributed by atoms with Crippen LogP contribution in [0.2, 0.25) is 0 Å². The SMILES string of the molecule is COc1ccc(-c2noc(CCCCCN=C(N)NCCC(C)C)n2)cc1.I. The Morgan fingerprint density at radius 3 is 2.64 bits per heavy atom. The summed E-state index contributed by atoms with van der Waals surface area (Å²) in [5, 5.41) is 7.19. The smallest absolute Gasteiger partial charge is 0.226 e. The van der Waals surface area contributed by atoms with Gasteiger partial charge >= 0.3 is 0 Å². The lowest BCUT2D eigenvalue weighted by molar-refractivity contribution is 0.374. The fourth-order valence-electron chi connectivity index (χ4n) is 2.52. The van der Waals surface area contributed by atoms with E-state index in [0.29, 0.717) is 23.6 Å². The third-order valence-corrected chi connectivity index (χ3v) is 4.18. The summed E-state index contributed by atoms with van der Waals surface area (Å²) in [5.74, 6) is 3.29. The van der Waals surface area contributed by atoms with Crippen LogP contribution in [0.4, 0.5) is 0 Å². The van der Waals surface area contributed by atoms with Gasteiger partial charge in [-0.15, -0.1) is 24.0 Å². The number of methoxy groups -OCH3 is 1. The second-order valence-corrected chi connectivity index (χ2v) is 6.93. The van der Waals surface area contributed by atoms with Crippen LogP contribution >= 0.6 is 24.0 Å². The van der Waals surface area contributed by atoms with Crippen molar-refractivity contribution in [3.05, 3.63) is 30.2 Å². The van der Waals surface area contributed by atoms with Crippen LogP contribution in [0, 0.1) is 5.92 Å². The van der Waals surface area contributed by atoms with Crippen molar-refractivity contribution in [1.82, 2.24) is 15.5 Å². The summed E-state index contributed by atoms with van der Waals surface area (Å²) >= 11 is 0. The van der Waals surface area contributed by atoms with E-state index in [1.807, 2.05) is 24.3 Å². The van der Waals surface area contributed by atoms with E-state index in [9.17, 15) is 0 Å². The highest BCUT2D eigenvalue weighted by Gasteiger charge is 2.08. The zero-order valence-corrected chi connectivity index (χ0v) is 19.3. The molecule has 0 spiro atoms. The first kappa shape index (κ1) is 24.2. The minimum Gasteiger partial charge on any atom is -0.497 e. The molecule has 156 valence electrons. The highest BCUT2D eigenvalue weighted by Crippen LogP contribution is 2.20. The number of benzene rings is 1. The van der Waals surface area contributed by atoms with Crippen LogP contribution in [0.1, 0.15) is 45.4 Å². The Morgan fingerprint density at radius 1 is 1.21 bits per heavy atom. The minimum absolute atomic E-state index is 0. The minimum atomic E-state index is 0. The highest BCUT2D eigenvalue weighted by molar-refractivity contribution is 14.0. The van der Waals surface area contributed by atoms with Gasteiger partial charge in [-0.1, -0.05) is 25.4 Å². The fourth-order valence-corrected chi connectivity index (χ4v) is 2.52. The molecule has 0 unspecified atom stereocenters. The van der Waals surface area contributed by atoms with Crippen LogP contribution in [0.15, 0.2) is 33.8 Å². The molecule has 2 aromatic rings. The van der Waals surface area contributed by atoms with Crippen molar-refractivity contribution >= 4 is 29.9 Å². The van der Waals surface area contributed by atoms with Crippen LogP contribution in [0.3, 0.4) is 0 Å². The first-order valence-corrected chi connectivity index (χ1v) is 9.59. The average molecular weight is 501 g/mol. The number of halogens is 1. The lowest BCUT2D eigenvalue weighted by Gasteiger charge is -2.07. The number of nitrogens with zero attached hydrogens (tertiary/aromatic N) is 3. The van der Waals surface area contributed by atoms with Gasteiger partial charge in [-0.2, -0.15) is 4.98 Å². The number of nitrogens with two attached hydrogens (primary N) is 1. The molecule has 0 atom stereocenters. The number of hydrogen-bond acceptors (Lipinski definition) is 5. The van der Waals surface area contributed by atoms with Crippen molar-refractivity contribution in [3.63, 3.8) is 0 Å². The van der Waals surface area contributed by atoms with Crippen LogP contribution in [0.25, 0.3) is 11.4 Å². The van der Waals surface area contributed by atoms with E-state index < -0.39 is 0 Å². The molecule has 1 aromatic heterocycles. The summed E-state index contributed by atoms with van der Waals surface area (Å²) in [7, 11) is 1.64. The number of hydrogen-bond donors (Lipinski definition) is 2. The van der Waals surface area contributed by atoms with E-state index in [1.165, 1.54) is 0 Å². The zero-order chi connectivity index (χ0) is 19.5. The van der Waals surface area contributed by atoms with Gasteiger partial charge in [0.25, 0.3) is 0 Å². The molecular weight excluding hydrogens is 469 g/mol. The van der Waals surface area contributed by atoms with Gasteiger partial charge in [0.2, 0.25) is 11.7 Å². The Bertz CT molecular complexity index is 701. The van der Waals surface area contributed by atoms with Gasteiger partial charge < -0.3 is 20.3 Å². The quantitative estimate of drug-likeness (QED) is 0.209. The number of unbranched alkanes of at least 4 members (excludes halogenated alkanes) is 2. The maximum atomic E-state index is 5.84. The molecule has 2 rings (SSSR count). The fraction of sp³-hybridized carbons (Fsp3) is 0.550. The molecule has 0 radical (unpaired) electrons. The predicted octanol–water partition coefficient (Wildman–Crippen LogP) is 4.03. The zero-order valence-electron chi connectivity index (χ0n) is 17.0. The van der Waals surface area contributed by atoms with Gasteiger partial charge in [0.1, 0.15) is 5.75 Å². The topological polar surface area (TPSA) is 98.6 Å². The molecule has 0 saturated heterocycles. The Labute approximate surface area is 184 Å². The third kappa shape index (κ3) is 8.90. The first-order valence-electron chi connectivity index (χ1n) is 9.59. The molecule has 1 aromatic carbocycles. The molecule has 0 aliphatic heterocycles. The van der Waals surface area contributed by atoms with Gasteiger partial charge in [0.15, 0.2) is 5.96 Å². The van der Waals surface area contributed by atoms with E-state index in [0.717, 1.165) is 56.5 Å². The summed E-state index contributed by atoms with van der Waals surface area (Å²) in [6, 6.07) is 7.61. The summed E-state index contributed by atoms with van der Waals surface area (Å²) in [5.41, 5.74) is 6.76. The normalized spacial score (nSPS) is 11.4. The molecule has 28 heavy (non-hydrogen) atoms. The average Bonchev–Trinajstić information content (AvgIpc) is 3.13. The van der Waals surface area contributed by atoms with E-state index >= 15 is 0 Å². The highest BCUT2D eigenvalue weighted by atomic mass is 127. The molecule has 0 fully saturated rings. The molecule has 0 amide bonds. The molecule has 0 bridgehead atoms. The summed E-state index contributed by atoms with van der Waals surface area (Å²) in [4.78, 5) is 8.80. The monoisotopic (exact) mass is 501 g/mol. The maximum absolute atomic E-state index is 5.84. The van der Waals surface area contributed by atoms with Crippen molar-refractivity contribution < 1.29 is 9.26 Å². The molecule has 8 heteroatoms. The van der Waals surface area contributed by atoms with Gasteiger partial charge in [-0.3, -0.25) is 4.99 Å². The predicted molar refractivity (Wildman–Crippen MR) is 123 cm³/mol. The van der Waals surface area contributed by atoms with Crippen LogP contribution in [-0.4, -0.2) is 36.3 Å². The lowest BCUT2D eigenvalue weighted by Crippen LogP contribution is -2.33. The number of ether oxygens (including phenoxy) is 1.